The molecule has 58 valence electrons. The van der Waals surface area contributed by atoms with E-state index in [-0.39, 0.29) is 0 Å². The van der Waals surface area contributed by atoms with Gasteiger partial charge in [0.05, 0.1) is 0 Å². The Bertz CT molecular complexity index is 126. The molecule has 0 aromatic rings. The lowest BCUT2D eigenvalue weighted by atomic mass is 9.85. The minimum Gasteiger partial charge on any atom is -0.314 e. The van der Waals surface area contributed by atoms with Gasteiger partial charge in [0.15, 0.2) is 0 Å². The number of alkyl halides is 1. The lowest BCUT2D eigenvalue weighted by molar-refractivity contribution is 0.335. The Morgan fingerprint density at radius 1 is 1.20 bits per heavy atom. The van der Waals surface area contributed by atoms with Gasteiger partial charge >= 0.3 is 0 Å². The molecule has 2 fully saturated rings. The molecule has 3 atom stereocenters. The van der Waals surface area contributed by atoms with Crippen molar-refractivity contribution in [3.63, 3.8) is 0 Å². The first-order chi connectivity index (χ1) is 4.86. The molecule has 1 heterocycles. The van der Waals surface area contributed by atoms with Gasteiger partial charge in [0, 0.05) is 10.9 Å². The maximum atomic E-state index is 3.70. The quantitative estimate of drug-likeness (QED) is 0.594. The van der Waals surface area contributed by atoms with Crippen LogP contribution in [-0.2, 0) is 0 Å². The molecule has 2 aliphatic rings. The Morgan fingerprint density at radius 2 is 2.10 bits per heavy atom. The number of nitrogens with one attached hydrogen (secondary N) is 1. The summed E-state index contributed by atoms with van der Waals surface area (Å²) < 4.78 is 0. The van der Waals surface area contributed by atoms with Crippen LogP contribution in [0.1, 0.15) is 25.7 Å². The van der Waals surface area contributed by atoms with Crippen LogP contribution in [0.2, 0.25) is 0 Å². The van der Waals surface area contributed by atoms with E-state index in [0.717, 1.165) is 16.8 Å². The predicted octanol–water partition coefficient (Wildman–Crippen LogP) is 1.91. The van der Waals surface area contributed by atoms with Crippen LogP contribution in [0.3, 0.4) is 0 Å². The van der Waals surface area contributed by atoms with Crippen molar-refractivity contribution in [2.45, 2.75) is 36.6 Å². The van der Waals surface area contributed by atoms with Gasteiger partial charge in [-0.2, -0.15) is 0 Å². The molecule has 2 rings (SSSR count). The molecule has 0 bridgehead atoms. The lowest BCUT2D eigenvalue weighted by Gasteiger charge is -2.28. The summed E-state index contributed by atoms with van der Waals surface area (Å²) in [6, 6.07) is 0.869. The van der Waals surface area contributed by atoms with E-state index in [4.69, 9.17) is 0 Å². The van der Waals surface area contributed by atoms with E-state index in [1.807, 2.05) is 0 Å². The number of fused-ring (bicyclic) bond motifs is 1. The first-order valence-corrected chi connectivity index (χ1v) is 5.15. The lowest BCUT2D eigenvalue weighted by Crippen LogP contribution is -2.32. The summed E-state index contributed by atoms with van der Waals surface area (Å²) >= 11 is 3.70. The molecule has 1 aliphatic carbocycles. The summed E-state index contributed by atoms with van der Waals surface area (Å²) in [4.78, 5) is 0.814. The SMILES string of the molecule is BrC1CCC2NCCC2C1. The molecule has 0 aromatic carbocycles. The van der Waals surface area contributed by atoms with Crippen molar-refractivity contribution in [1.82, 2.24) is 5.32 Å². The van der Waals surface area contributed by atoms with E-state index in [1.54, 1.807) is 0 Å². The highest BCUT2D eigenvalue weighted by molar-refractivity contribution is 9.09. The number of hydrogen-bond donors (Lipinski definition) is 1. The summed E-state index contributed by atoms with van der Waals surface area (Å²) in [5.74, 6) is 0.984. The van der Waals surface area contributed by atoms with Crippen LogP contribution < -0.4 is 5.32 Å². The molecule has 0 aromatic heterocycles. The zero-order chi connectivity index (χ0) is 6.97. The van der Waals surface area contributed by atoms with Gasteiger partial charge in [-0.1, -0.05) is 15.9 Å². The van der Waals surface area contributed by atoms with E-state index in [9.17, 15) is 0 Å². The van der Waals surface area contributed by atoms with Crippen LogP contribution in [0.5, 0.6) is 0 Å². The Labute approximate surface area is 70.7 Å². The van der Waals surface area contributed by atoms with Gasteiger partial charge in [-0.05, 0) is 38.1 Å². The van der Waals surface area contributed by atoms with Crippen LogP contribution in [0, 0.1) is 5.92 Å². The Kier molecular flexibility index (Phi) is 2.01. The van der Waals surface area contributed by atoms with Crippen molar-refractivity contribution >= 4 is 15.9 Å². The van der Waals surface area contributed by atoms with E-state index >= 15 is 0 Å². The predicted molar refractivity (Wildman–Crippen MR) is 46.5 cm³/mol. The Morgan fingerprint density at radius 3 is 3.00 bits per heavy atom. The summed E-state index contributed by atoms with van der Waals surface area (Å²) in [6.45, 7) is 1.26. The second-order valence-electron chi connectivity index (χ2n) is 3.52. The minimum absolute atomic E-state index is 0.814. The number of hydrogen-bond acceptors (Lipinski definition) is 1. The standard InChI is InChI=1S/C8H14BrN/c9-7-1-2-8-6(5-7)3-4-10-8/h6-8,10H,1-5H2. The summed E-state index contributed by atoms with van der Waals surface area (Å²) in [7, 11) is 0. The minimum atomic E-state index is 0.814. The monoisotopic (exact) mass is 203 g/mol. The van der Waals surface area contributed by atoms with Crippen LogP contribution in [0.4, 0.5) is 0 Å². The average Bonchev–Trinajstić information content (AvgIpc) is 2.33. The molecule has 3 unspecified atom stereocenters. The third-order valence-corrected chi connectivity index (χ3v) is 3.67. The second kappa shape index (κ2) is 2.82. The van der Waals surface area contributed by atoms with Gasteiger partial charge in [0.2, 0.25) is 0 Å². The zero-order valence-electron chi connectivity index (χ0n) is 6.15. The maximum absolute atomic E-state index is 3.70. The topological polar surface area (TPSA) is 12.0 Å². The molecule has 1 N–H and O–H groups in total. The van der Waals surface area contributed by atoms with Crippen molar-refractivity contribution < 1.29 is 0 Å². The summed E-state index contributed by atoms with van der Waals surface area (Å²) in [6.07, 6.45) is 5.57. The Balaban J connectivity index is 1.96. The van der Waals surface area contributed by atoms with Crippen molar-refractivity contribution in [3.8, 4) is 0 Å². The van der Waals surface area contributed by atoms with Crippen molar-refractivity contribution in [1.29, 1.82) is 0 Å². The molecular weight excluding hydrogens is 190 g/mol. The van der Waals surface area contributed by atoms with E-state index in [2.05, 4.69) is 21.2 Å². The first-order valence-electron chi connectivity index (χ1n) is 4.24. The summed E-state index contributed by atoms with van der Waals surface area (Å²) in [5, 5.41) is 3.56. The van der Waals surface area contributed by atoms with Crippen LogP contribution in [0.25, 0.3) is 0 Å². The highest BCUT2D eigenvalue weighted by Crippen LogP contribution is 2.33. The normalized spacial score (nSPS) is 47.1. The van der Waals surface area contributed by atoms with Crippen molar-refractivity contribution in [2.75, 3.05) is 6.54 Å². The third-order valence-electron chi connectivity index (χ3n) is 2.84. The highest BCUT2D eigenvalue weighted by atomic mass is 79.9. The average molecular weight is 204 g/mol. The fourth-order valence-electron chi connectivity index (χ4n) is 2.25. The molecule has 1 saturated carbocycles. The van der Waals surface area contributed by atoms with Gasteiger partial charge < -0.3 is 5.32 Å². The van der Waals surface area contributed by atoms with Crippen molar-refractivity contribution in [3.05, 3.63) is 0 Å². The third kappa shape index (κ3) is 1.24. The van der Waals surface area contributed by atoms with Gasteiger partial charge in [-0.25, -0.2) is 0 Å². The number of halogens is 1. The first kappa shape index (κ1) is 7.11. The smallest absolute Gasteiger partial charge is 0.0149 e. The molecule has 2 heteroatoms. The van der Waals surface area contributed by atoms with E-state index in [0.29, 0.717) is 0 Å². The molecule has 1 saturated heterocycles. The number of rotatable bonds is 0. The molecule has 10 heavy (non-hydrogen) atoms. The molecule has 0 spiro atoms. The van der Waals surface area contributed by atoms with Gasteiger partial charge in [0.25, 0.3) is 0 Å². The van der Waals surface area contributed by atoms with Gasteiger partial charge in [-0.15, -0.1) is 0 Å². The zero-order valence-corrected chi connectivity index (χ0v) is 7.73. The molecule has 1 nitrogen and oxygen atoms in total. The molecule has 0 radical (unpaired) electrons. The highest BCUT2D eigenvalue weighted by Gasteiger charge is 2.32. The molecule has 0 amide bonds. The maximum Gasteiger partial charge on any atom is 0.0149 e. The van der Waals surface area contributed by atoms with Crippen molar-refractivity contribution in [2.24, 2.45) is 5.92 Å². The fourth-order valence-corrected chi connectivity index (χ4v) is 2.99. The van der Waals surface area contributed by atoms with Gasteiger partial charge in [-0.3, -0.25) is 0 Å². The molecule has 1 aliphatic heterocycles. The summed E-state index contributed by atoms with van der Waals surface area (Å²) in [5.41, 5.74) is 0. The van der Waals surface area contributed by atoms with Crippen LogP contribution >= 0.6 is 15.9 Å². The second-order valence-corrected chi connectivity index (χ2v) is 4.81. The van der Waals surface area contributed by atoms with Crippen LogP contribution in [0.15, 0.2) is 0 Å². The van der Waals surface area contributed by atoms with E-state index < -0.39 is 0 Å². The Hall–Kier alpha value is 0.440. The fraction of sp³-hybridized carbons (Fsp3) is 1.00. The molecular formula is C8H14BrN. The van der Waals surface area contributed by atoms with E-state index in [1.165, 1.54) is 32.2 Å². The van der Waals surface area contributed by atoms with Crippen LogP contribution in [-0.4, -0.2) is 17.4 Å². The largest absolute Gasteiger partial charge is 0.314 e. The van der Waals surface area contributed by atoms with Gasteiger partial charge in [0.1, 0.15) is 0 Å².